The van der Waals surface area contributed by atoms with E-state index in [9.17, 15) is 4.79 Å². The molecule has 0 saturated heterocycles. The monoisotopic (exact) mass is 205 g/mol. The zero-order chi connectivity index (χ0) is 11.3. The molecule has 0 aliphatic carbocycles. The summed E-state index contributed by atoms with van der Waals surface area (Å²) in [6, 6.07) is 6.49. The third-order valence-corrected chi connectivity index (χ3v) is 1.80. The molecule has 0 aromatic heterocycles. The molecule has 0 aliphatic heterocycles. The summed E-state index contributed by atoms with van der Waals surface area (Å²) in [7, 11) is 1.54. The van der Waals surface area contributed by atoms with Crippen molar-refractivity contribution in [3.8, 4) is 11.8 Å². The van der Waals surface area contributed by atoms with Gasteiger partial charge in [0, 0.05) is 12.6 Å². The second kappa shape index (κ2) is 4.86. The molecule has 78 valence electrons. The number of nitriles is 1. The van der Waals surface area contributed by atoms with E-state index in [1.807, 2.05) is 6.07 Å². The third-order valence-electron chi connectivity index (χ3n) is 1.80. The van der Waals surface area contributed by atoms with E-state index < -0.39 is 0 Å². The summed E-state index contributed by atoms with van der Waals surface area (Å²) < 4.78 is 5.06. The van der Waals surface area contributed by atoms with Gasteiger partial charge >= 0.3 is 0 Å². The standard InChI is InChI=1S/C10H11N3O2/c1-13-10(14)7-2-3-8(12)9(6-7)15-5-4-11/h2-3,6H,5,12H2,1H3,(H,13,14). The van der Waals surface area contributed by atoms with Crippen LogP contribution in [0.3, 0.4) is 0 Å². The van der Waals surface area contributed by atoms with Gasteiger partial charge in [-0.1, -0.05) is 0 Å². The van der Waals surface area contributed by atoms with Crippen LogP contribution in [0.2, 0.25) is 0 Å². The smallest absolute Gasteiger partial charge is 0.251 e. The number of nitrogen functional groups attached to an aromatic ring is 1. The molecule has 0 bridgehead atoms. The summed E-state index contributed by atoms with van der Waals surface area (Å²) in [4.78, 5) is 11.3. The van der Waals surface area contributed by atoms with E-state index in [0.717, 1.165) is 0 Å². The number of amides is 1. The molecule has 1 aromatic carbocycles. The Morgan fingerprint density at radius 3 is 3.00 bits per heavy atom. The summed E-state index contributed by atoms with van der Waals surface area (Å²) >= 11 is 0. The summed E-state index contributed by atoms with van der Waals surface area (Å²) in [5.41, 5.74) is 6.45. The van der Waals surface area contributed by atoms with Crippen LogP contribution in [0.15, 0.2) is 18.2 Å². The van der Waals surface area contributed by atoms with Crippen LogP contribution in [0.5, 0.6) is 5.75 Å². The predicted octanol–water partition coefficient (Wildman–Crippen LogP) is 0.531. The van der Waals surface area contributed by atoms with E-state index in [1.54, 1.807) is 12.1 Å². The Kier molecular flexibility index (Phi) is 3.52. The molecule has 0 unspecified atom stereocenters. The molecule has 0 heterocycles. The maximum Gasteiger partial charge on any atom is 0.251 e. The van der Waals surface area contributed by atoms with Gasteiger partial charge in [0.2, 0.25) is 0 Å². The Hall–Kier alpha value is -2.22. The molecule has 5 heteroatoms. The minimum atomic E-state index is -0.225. The van der Waals surface area contributed by atoms with E-state index >= 15 is 0 Å². The molecular weight excluding hydrogens is 194 g/mol. The highest BCUT2D eigenvalue weighted by atomic mass is 16.5. The molecular formula is C10H11N3O2. The van der Waals surface area contributed by atoms with Gasteiger partial charge < -0.3 is 15.8 Å². The van der Waals surface area contributed by atoms with Crippen molar-refractivity contribution in [1.29, 1.82) is 5.26 Å². The summed E-state index contributed by atoms with van der Waals surface area (Å²) in [5.74, 6) is 0.120. The second-order valence-corrected chi connectivity index (χ2v) is 2.78. The van der Waals surface area contributed by atoms with Gasteiger partial charge in [0.15, 0.2) is 6.61 Å². The van der Waals surface area contributed by atoms with E-state index in [4.69, 9.17) is 15.7 Å². The van der Waals surface area contributed by atoms with Crippen LogP contribution < -0.4 is 15.8 Å². The fourth-order valence-electron chi connectivity index (χ4n) is 1.05. The number of anilines is 1. The highest BCUT2D eigenvalue weighted by Crippen LogP contribution is 2.22. The average Bonchev–Trinajstić information content (AvgIpc) is 2.27. The first kappa shape index (κ1) is 10.9. The normalized spacial score (nSPS) is 9.07. The number of ether oxygens (including phenoxy) is 1. The second-order valence-electron chi connectivity index (χ2n) is 2.78. The molecule has 1 amide bonds. The first-order valence-electron chi connectivity index (χ1n) is 4.30. The van der Waals surface area contributed by atoms with Gasteiger partial charge in [0.05, 0.1) is 5.69 Å². The molecule has 15 heavy (non-hydrogen) atoms. The Balaban J connectivity index is 2.95. The maximum atomic E-state index is 11.3. The predicted molar refractivity (Wildman–Crippen MR) is 55.4 cm³/mol. The van der Waals surface area contributed by atoms with Crippen molar-refractivity contribution in [3.05, 3.63) is 23.8 Å². The van der Waals surface area contributed by atoms with Crippen LogP contribution >= 0.6 is 0 Å². The number of hydrogen-bond acceptors (Lipinski definition) is 4. The number of nitrogens with two attached hydrogens (primary N) is 1. The minimum Gasteiger partial charge on any atom is -0.477 e. The summed E-state index contributed by atoms with van der Waals surface area (Å²) in [6.07, 6.45) is 0. The number of carbonyl (C=O) groups is 1. The Morgan fingerprint density at radius 2 is 2.40 bits per heavy atom. The molecule has 0 saturated carbocycles. The number of nitrogens with zero attached hydrogens (tertiary/aromatic N) is 1. The molecule has 0 fully saturated rings. The molecule has 1 aromatic rings. The largest absolute Gasteiger partial charge is 0.477 e. The highest BCUT2D eigenvalue weighted by Gasteiger charge is 2.07. The Morgan fingerprint density at radius 1 is 1.67 bits per heavy atom. The van der Waals surface area contributed by atoms with Gasteiger partial charge in [0.25, 0.3) is 5.91 Å². The fraction of sp³-hybridized carbons (Fsp3) is 0.200. The van der Waals surface area contributed by atoms with E-state index in [1.165, 1.54) is 13.1 Å². The molecule has 5 nitrogen and oxygen atoms in total. The van der Waals surface area contributed by atoms with Crippen LogP contribution in [0.25, 0.3) is 0 Å². The van der Waals surface area contributed by atoms with Crippen molar-refractivity contribution in [2.45, 2.75) is 0 Å². The Labute approximate surface area is 87.4 Å². The van der Waals surface area contributed by atoms with E-state index in [-0.39, 0.29) is 12.5 Å². The van der Waals surface area contributed by atoms with Crippen molar-refractivity contribution in [2.24, 2.45) is 0 Å². The first-order chi connectivity index (χ1) is 7.19. The van der Waals surface area contributed by atoms with Crippen LogP contribution in [0.1, 0.15) is 10.4 Å². The van der Waals surface area contributed by atoms with Gasteiger partial charge in [-0.25, -0.2) is 0 Å². The van der Waals surface area contributed by atoms with Crippen LogP contribution in [0.4, 0.5) is 5.69 Å². The van der Waals surface area contributed by atoms with E-state index in [2.05, 4.69) is 5.32 Å². The van der Waals surface area contributed by atoms with Gasteiger partial charge in [-0.2, -0.15) is 5.26 Å². The summed E-state index contributed by atoms with van der Waals surface area (Å²) in [5, 5.41) is 10.8. The highest BCUT2D eigenvalue weighted by molar-refractivity contribution is 5.95. The fourth-order valence-corrected chi connectivity index (χ4v) is 1.05. The first-order valence-corrected chi connectivity index (χ1v) is 4.30. The molecule has 0 atom stereocenters. The SMILES string of the molecule is CNC(=O)c1ccc(N)c(OCC#N)c1. The number of nitrogens with one attached hydrogen (secondary N) is 1. The van der Waals surface area contributed by atoms with Crippen molar-refractivity contribution < 1.29 is 9.53 Å². The molecule has 0 radical (unpaired) electrons. The van der Waals surface area contributed by atoms with Crippen molar-refractivity contribution in [3.63, 3.8) is 0 Å². The van der Waals surface area contributed by atoms with Gasteiger partial charge in [-0.15, -0.1) is 0 Å². The molecule has 3 N–H and O–H groups in total. The Bertz CT molecular complexity index is 410. The molecule has 0 aliphatic rings. The minimum absolute atomic E-state index is 0.0958. The van der Waals surface area contributed by atoms with Crippen molar-refractivity contribution in [1.82, 2.24) is 5.32 Å². The van der Waals surface area contributed by atoms with Crippen LogP contribution in [-0.4, -0.2) is 19.6 Å². The van der Waals surface area contributed by atoms with Crippen molar-refractivity contribution >= 4 is 11.6 Å². The maximum absolute atomic E-state index is 11.3. The van der Waals surface area contributed by atoms with Gasteiger partial charge in [0.1, 0.15) is 11.8 Å². The number of benzene rings is 1. The quantitative estimate of drug-likeness (QED) is 0.704. The number of carbonyl (C=O) groups excluding carboxylic acids is 1. The zero-order valence-electron chi connectivity index (χ0n) is 8.28. The number of hydrogen-bond donors (Lipinski definition) is 2. The van der Waals surface area contributed by atoms with Gasteiger partial charge in [-0.05, 0) is 18.2 Å². The lowest BCUT2D eigenvalue weighted by Crippen LogP contribution is -2.17. The van der Waals surface area contributed by atoms with E-state index in [0.29, 0.717) is 17.0 Å². The average molecular weight is 205 g/mol. The van der Waals surface area contributed by atoms with Crippen molar-refractivity contribution in [2.75, 3.05) is 19.4 Å². The van der Waals surface area contributed by atoms with Crippen LogP contribution in [0, 0.1) is 11.3 Å². The lowest BCUT2D eigenvalue weighted by atomic mass is 10.2. The molecule has 1 rings (SSSR count). The molecule has 0 spiro atoms. The van der Waals surface area contributed by atoms with Crippen LogP contribution in [-0.2, 0) is 0 Å². The summed E-state index contributed by atoms with van der Waals surface area (Å²) in [6.45, 7) is -0.0958. The topological polar surface area (TPSA) is 88.1 Å². The lowest BCUT2D eigenvalue weighted by Gasteiger charge is -2.07. The lowest BCUT2D eigenvalue weighted by molar-refractivity contribution is 0.0962. The zero-order valence-corrected chi connectivity index (χ0v) is 8.28. The van der Waals surface area contributed by atoms with Gasteiger partial charge in [-0.3, -0.25) is 4.79 Å². The number of rotatable bonds is 3. The third kappa shape index (κ3) is 2.61.